The largest absolute Gasteiger partial charge is 0.300 e. The van der Waals surface area contributed by atoms with E-state index in [0.29, 0.717) is 6.42 Å². The number of amides is 1. The van der Waals surface area contributed by atoms with Gasteiger partial charge in [0.1, 0.15) is 5.82 Å². The quantitative estimate of drug-likeness (QED) is 0.570. The van der Waals surface area contributed by atoms with Crippen molar-refractivity contribution >= 4 is 11.7 Å². The molecule has 0 N–H and O–H groups in total. The number of aryl methyl sites for hydroxylation is 1. The molecule has 0 unspecified atom stereocenters. The Balaban J connectivity index is 2.48. The van der Waals surface area contributed by atoms with Gasteiger partial charge in [0.25, 0.3) is 0 Å². The van der Waals surface area contributed by atoms with Crippen molar-refractivity contribution in [1.82, 2.24) is 4.98 Å². The van der Waals surface area contributed by atoms with Gasteiger partial charge >= 0.3 is 0 Å². The molecule has 0 aliphatic carbocycles. The summed E-state index contributed by atoms with van der Waals surface area (Å²) in [6.45, 7) is 0. The molecule has 2 heterocycles. The first kappa shape index (κ1) is 7.28. The number of carbonyl (C=O) groups is 1. The topological polar surface area (TPSA) is 33.2 Å². The van der Waals surface area contributed by atoms with E-state index in [0.717, 1.165) is 12.2 Å². The summed E-state index contributed by atoms with van der Waals surface area (Å²) in [6.07, 6.45) is 3.15. The van der Waals surface area contributed by atoms with Crippen molar-refractivity contribution in [3.8, 4) is 0 Å². The lowest BCUT2D eigenvalue weighted by Gasteiger charge is -2.23. The minimum Gasteiger partial charge on any atom is -0.300 e. The molecule has 1 amide bonds. The molecule has 0 saturated heterocycles. The van der Waals surface area contributed by atoms with E-state index < -0.39 is 0 Å². The Hall–Kier alpha value is -1.38. The summed E-state index contributed by atoms with van der Waals surface area (Å²) in [6, 6.07) is 3.92. The van der Waals surface area contributed by atoms with Crippen LogP contribution in [-0.2, 0) is 11.2 Å². The number of fused-ring (bicyclic) bond motifs is 1. The van der Waals surface area contributed by atoms with Crippen molar-refractivity contribution in [1.29, 1.82) is 0 Å². The zero-order valence-corrected chi connectivity index (χ0v) is 6.95. The van der Waals surface area contributed by atoms with E-state index >= 15 is 0 Å². The van der Waals surface area contributed by atoms with Crippen molar-refractivity contribution in [3.63, 3.8) is 0 Å². The van der Waals surface area contributed by atoms with Crippen molar-refractivity contribution in [2.24, 2.45) is 0 Å². The molecule has 3 heteroatoms. The molecule has 0 aromatic carbocycles. The Morgan fingerprint density at radius 2 is 2.33 bits per heavy atom. The Morgan fingerprint density at radius 3 is 3.17 bits per heavy atom. The third-order valence-electron chi connectivity index (χ3n) is 2.17. The third-order valence-corrected chi connectivity index (χ3v) is 2.17. The molecule has 0 radical (unpaired) electrons. The molecule has 0 saturated carbocycles. The van der Waals surface area contributed by atoms with Crippen LogP contribution in [0.3, 0.4) is 0 Å². The third kappa shape index (κ3) is 0.978. The fourth-order valence-electron chi connectivity index (χ4n) is 1.45. The maximum absolute atomic E-state index is 11.2. The monoisotopic (exact) mass is 162 g/mol. The number of pyridine rings is 1. The smallest absolute Gasteiger partial charge is 0.228 e. The first-order chi connectivity index (χ1) is 5.79. The Labute approximate surface area is 71.0 Å². The molecule has 1 aromatic heterocycles. The molecule has 62 valence electrons. The van der Waals surface area contributed by atoms with E-state index in [9.17, 15) is 4.79 Å². The summed E-state index contributed by atoms with van der Waals surface area (Å²) in [7, 11) is 1.77. The average molecular weight is 162 g/mol. The minimum atomic E-state index is 0.154. The molecule has 2 rings (SSSR count). The highest BCUT2D eigenvalue weighted by Crippen LogP contribution is 2.22. The first-order valence-electron chi connectivity index (χ1n) is 3.99. The molecular formula is C9H10N2O. The van der Waals surface area contributed by atoms with Gasteiger partial charge in [-0.3, -0.25) is 9.69 Å². The van der Waals surface area contributed by atoms with Crippen molar-refractivity contribution in [3.05, 3.63) is 23.9 Å². The first-order valence-corrected chi connectivity index (χ1v) is 3.99. The van der Waals surface area contributed by atoms with Crippen molar-refractivity contribution in [2.45, 2.75) is 12.8 Å². The number of anilines is 1. The van der Waals surface area contributed by atoms with Crippen LogP contribution in [0.15, 0.2) is 18.3 Å². The highest BCUT2D eigenvalue weighted by atomic mass is 16.2. The number of carbonyl (C=O) groups excluding carboxylic acids is 1. The van der Waals surface area contributed by atoms with Crippen LogP contribution in [0.1, 0.15) is 12.0 Å². The maximum Gasteiger partial charge on any atom is 0.228 e. The SMILES string of the molecule is CN1C(=O)CCc2cccnc21. The molecule has 0 fully saturated rings. The zero-order chi connectivity index (χ0) is 8.55. The summed E-state index contributed by atoms with van der Waals surface area (Å²) >= 11 is 0. The van der Waals surface area contributed by atoms with Gasteiger partial charge in [-0.05, 0) is 18.1 Å². The highest BCUT2D eigenvalue weighted by molar-refractivity contribution is 5.94. The Bertz CT molecular complexity index is 322. The molecule has 1 aromatic rings. The lowest BCUT2D eigenvalue weighted by Crippen LogP contribution is -2.31. The number of aromatic nitrogens is 1. The van der Waals surface area contributed by atoms with Crippen LogP contribution in [-0.4, -0.2) is 17.9 Å². The molecule has 1 aliphatic heterocycles. The van der Waals surface area contributed by atoms with Crippen LogP contribution in [0.2, 0.25) is 0 Å². The van der Waals surface area contributed by atoms with Crippen LogP contribution in [0.5, 0.6) is 0 Å². The number of hydrogen-bond acceptors (Lipinski definition) is 2. The molecular weight excluding hydrogens is 152 g/mol. The van der Waals surface area contributed by atoms with Crippen LogP contribution in [0, 0.1) is 0 Å². The van der Waals surface area contributed by atoms with Gasteiger partial charge in [-0.1, -0.05) is 6.07 Å². The predicted octanol–water partition coefficient (Wildman–Crippen LogP) is 0.991. The highest BCUT2D eigenvalue weighted by Gasteiger charge is 2.20. The minimum absolute atomic E-state index is 0.154. The van der Waals surface area contributed by atoms with Gasteiger partial charge in [0.15, 0.2) is 0 Å². The second kappa shape index (κ2) is 2.59. The fraction of sp³-hybridized carbons (Fsp3) is 0.333. The van der Waals surface area contributed by atoms with Crippen LogP contribution in [0.4, 0.5) is 5.82 Å². The van der Waals surface area contributed by atoms with Gasteiger partial charge in [-0.25, -0.2) is 4.98 Å². The summed E-state index contributed by atoms with van der Waals surface area (Å²) < 4.78 is 0. The van der Waals surface area contributed by atoms with Gasteiger partial charge in [0, 0.05) is 19.7 Å². The van der Waals surface area contributed by atoms with Crippen LogP contribution < -0.4 is 4.90 Å². The number of hydrogen-bond donors (Lipinski definition) is 0. The van der Waals surface area contributed by atoms with Crippen LogP contribution >= 0.6 is 0 Å². The van der Waals surface area contributed by atoms with Crippen molar-refractivity contribution in [2.75, 3.05) is 11.9 Å². The lowest BCUT2D eigenvalue weighted by atomic mass is 10.1. The summed E-state index contributed by atoms with van der Waals surface area (Å²) in [5.74, 6) is 0.968. The van der Waals surface area contributed by atoms with Gasteiger partial charge in [-0.15, -0.1) is 0 Å². The van der Waals surface area contributed by atoms with E-state index in [-0.39, 0.29) is 5.91 Å². The Morgan fingerprint density at radius 1 is 1.50 bits per heavy atom. The Kier molecular flexibility index (Phi) is 1.57. The zero-order valence-electron chi connectivity index (χ0n) is 6.95. The van der Waals surface area contributed by atoms with Gasteiger partial charge in [0.2, 0.25) is 5.91 Å². The lowest BCUT2D eigenvalue weighted by molar-refractivity contribution is -0.118. The van der Waals surface area contributed by atoms with Crippen molar-refractivity contribution < 1.29 is 4.79 Å². The number of nitrogens with zero attached hydrogens (tertiary/aromatic N) is 2. The average Bonchev–Trinajstić information content (AvgIpc) is 2.12. The second-order valence-electron chi connectivity index (χ2n) is 2.94. The van der Waals surface area contributed by atoms with E-state index in [2.05, 4.69) is 4.98 Å². The van der Waals surface area contributed by atoms with E-state index in [1.807, 2.05) is 12.1 Å². The molecule has 0 spiro atoms. The standard InChI is InChI=1S/C9H10N2O/c1-11-8(12)5-4-7-3-2-6-10-9(7)11/h2-3,6H,4-5H2,1H3. The van der Waals surface area contributed by atoms with E-state index in [1.54, 1.807) is 18.1 Å². The molecule has 1 aliphatic rings. The van der Waals surface area contributed by atoms with E-state index in [1.165, 1.54) is 5.56 Å². The summed E-state index contributed by atoms with van der Waals surface area (Å²) in [5.41, 5.74) is 1.17. The van der Waals surface area contributed by atoms with Gasteiger partial charge < -0.3 is 0 Å². The second-order valence-corrected chi connectivity index (χ2v) is 2.94. The molecule has 0 bridgehead atoms. The summed E-state index contributed by atoms with van der Waals surface area (Å²) in [4.78, 5) is 17.0. The molecule has 12 heavy (non-hydrogen) atoms. The summed E-state index contributed by atoms with van der Waals surface area (Å²) in [5, 5.41) is 0. The number of rotatable bonds is 0. The van der Waals surface area contributed by atoms with Crippen LogP contribution in [0.25, 0.3) is 0 Å². The maximum atomic E-state index is 11.2. The molecule has 0 atom stereocenters. The predicted molar refractivity (Wildman–Crippen MR) is 46.0 cm³/mol. The van der Waals surface area contributed by atoms with Gasteiger partial charge in [0.05, 0.1) is 0 Å². The van der Waals surface area contributed by atoms with E-state index in [4.69, 9.17) is 0 Å². The fourth-order valence-corrected chi connectivity index (χ4v) is 1.45. The normalized spacial score (nSPS) is 16.1. The van der Waals surface area contributed by atoms with Gasteiger partial charge in [-0.2, -0.15) is 0 Å². The molecule has 3 nitrogen and oxygen atoms in total.